The number of hydrogen-bond acceptors (Lipinski definition) is 4. The van der Waals surface area contributed by atoms with E-state index in [9.17, 15) is 9.90 Å². The molecule has 2 fully saturated rings. The van der Waals surface area contributed by atoms with E-state index in [1.807, 2.05) is 20.8 Å². The summed E-state index contributed by atoms with van der Waals surface area (Å²) in [6, 6.07) is 0. The Morgan fingerprint density at radius 2 is 2.24 bits per heavy atom. The quantitative estimate of drug-likeness (QED) is 0.481. The molecule has 0 radical (unpaired) electrons. The Balaban J connectivity index is 2.24. The topological polar surface area (TPSA) is 59.1 Å². The second-order valence-electron chi connectivity index (χ2n) is 6.65. The van der Waals surface area contributed by atoms with Crippen LogP contribution in [0.25, 0.3) is 0 Å². The van der Waals surface area contributed by atoms with Gasteiger partial charge in [0, 0.05) is 13.5 Å². The number of Topliss-reactive ketones (excluding diaryl/α,β-unsaturated/α-hetero) is 1. The van der Waals surface area contributed by atoms with Gasteiger partial charge in [0.1, 0.15) is 11.7 Å². The van der Waals surface area contributed by atoms with E-state index in [1.54, 1.807) is 0 Å². The highest BCUT2D eigenvalue weighted by Crippen LogP contribution is 2.53. The Morgan fingerprint density at radius 3 is 2.76 bits per heavy atom. The number of ketones is 1. The third-order valence-corrected chi connectivity index (χ3v) is 5.29. The number of hydrogen-bond donors (Lipinski definition) is 1. The van der Waals surface area contributed by atoms with Crippen LogP contribution in [0.4, 0.5) is 0 Å². The van der Waals surface area contributed by atoms with Gasteiger partial charge in [0.2, 0.25) is 0 Å². The molecule has 1 N–H and O–H groups in total. The second kappa shape index (κ2) is 5.99. The number of allylic oxidation sites excluding steroid dienone is 1. The van der Waals surface area contributed by atoms with Crippen molar-refractivity contribution >= 4 is 17.4 Å². The van der Waals surface area contributed by atoms with E-state index in [0.29, 0.717) is 12.8 Å². The Hall–Kier alpha value is -0.420. The SMILES string of the molecule is COC1C(=O)CC[C@](O)(CCl)C1[C@@]1(C)OC1CC=C(C)C. The molecule has 1 aliphatic carbocycles. The van der Waals surface area contributed by atoms with E-state index in [4.69, 9.17) is 21.1 Å². The van der Waals surface area contributed by atoms with Gasteiger partial charge in [-0.2, -0.15) is 0 Å². The predicted octanol–water partition coefficient (Wildman–Crippen LogP) is 2.46. The first-order valence-electron chi connectivity index (χ1n) is 7.43. The lowest BCUT2D eigenvalue weighted by Crippen LogP contribution is -2.59. The van der Waals surface area contributed by atoms with Crippen LogP contribution in [0, 0.1) is 5.92 Å². The van der Waals surface area contributed by atoms with E-state index in [2.05, 4.69) is 6.08 Å². The zero-order valence-electron chi connectivity index (χ0n) is 13.2. The molecule has 1 aliphatic heterocycles. The van der Waals surface area contributed by atoms with Crippen LogP contribution in [-0.2, 0) is 14.3 Å². The Bertz CT molecular complexity index is 446. The van der Waals surface area contributed by atoms with Crippen molar-refractivity contribution in [2.75, 3.05) is 13.0 Å². The van der Waals surface area contributed by atoms with Gasteiger partial charge in [-0.1, -0.05) is 11.6 Å². The monoisotopic (exact) mass is 316 g/mol. The number of alkyl halides is 1. The van der Waals surface area contributed by atoms with Crippen molar-refractivity contribution in [1.29, 1.82) is 0 Å². The average molecular weight is 317 g/mol. The van der Waals surface area contributed by atoms with Crippen molar-refractivity contribution in [3.8, 4) is 0 Å². The first-order chi connectivity index (χ1) is 9.78. The molecule has 120 valence electrons. The molecular formula is C16H25ClO4. The minimum absolute atomic E-state index is 0.00399. The number of ether oxygens (including phenoxy) is 2. The van der Waals surface area contributed by atoms with E-state index in [0.717, 1.165) is 6.42 Å². The third kappa shape index (κ3) is 3.04. The second-order valence-corrected chi connectivity index (χ2v) is 6.91. The molecule has 2 rings (SSSR count). The average Bonchev–Trinajstić information content (AvgIpc) is 3.10. The normalized spacial score (nSPS) is 42.8. The maximum Gasteiger partial charge on any atom is 0.162 e. The molecule has 5 heteroatoms. The van der Waals surface area contributed by atoms with Gasteiger partial charge in [0.25, 0.3) is 0 Å². The van der Waals surface area contributed by atoms with Crippen LogP contribution in [0.1, 0.15) is 40.0 Å². The Morgan fingerprint density at radius 1 is 1.57 bits per heavy atom. The molecular weight excluding hydrogens is 292 g/mol. The minimum Gasteiger partial charge on any atom is -0.388 e. The van der Waals surface area contributed by atoms with E-state index in [-0.39, 0.29) is 17.8 Å². The van der Waals surface area contributed by atoms with Crippen LogP contribution < -0.4 is 0 Å². The summed E-state index contributed by atoms with van der Waals surface area (Å²) in [5.74, 6) is -0.321. The Labute approximate surface area is 131 Å². The molecule has 5 atom stereocenters. The van der Waals surface area contributed by atoms with E-state index < -0.39 is 23.2 Å². The molecule has 0 spiro atoms. The van der Waals surface area contributed by atoms with Gasteiger partial charge < -0.3 is 14.6 Å². The molecule has 3 unspecified atom stereocenters. The van der Waals surface area contributed by atoms with Crippen LogP contribution >= 0.6 is 11.6 Å². The minimum atomic E-state index is -1.12. The highest BCUT2D eigenvalue weighted by molar-refractivity contribution is 6.18. The van der Waals surface area contributed by atoms with Crippen molar-refractivity contribution in [2.45, 2.75) is 63.4 Å². The first kappa shape index (κ1) is 16.9. The van der Waals surface area contributed by atoms with Gasteiger partial charge in [-0.15, -0.1) is 11.6 Å². The molecule has 0 bridgehead atoms. The number of rotatable bonds is 5. The van der Waals surface area contributed by atoms with Gasteiger partial charge in [-0.05, 0) is 33.6 Å². The zero-order chi connectivity index (χ0) is 15.8. The van der Waals surface area contributed by atoms with E-state index >= 15 is 0 Å². The number of methoxy groups -OCH3 is 1. The fourth-order valence-electron chi connectivity index (χ4n) is 3.53. The summed E-state index contributed by atoms with van der Waals surface area (Å²) in [6.45, 7) is 6.02. The number of carbonyl (C=O) groups excluding carboxylic acids is 1. The molecule has 1 saturated heterocycles. The standard InChI is InChI=1S/C16H25ClO4/c1-10(2)5-6-12-15(3,21-12)14-13(20-4)11(18)7-8-16(14,19)9-17/h5,12-14,19H,6-9H2,1-4H3/t12?,13?,14?,15-,16-/m0/s1. The summed E-state index contributed by atoms with van der Waals surface area (Å²) in [5, 5.41) is 10.9. The number of epoxide rings is 1. The van der Waals surface area contributed by atoms with Gasteiger partial charge in [0.15, 0.2) is 5.78 Å². The fourth-order valence-corrected chi connectivity index (χ4v) is 3.83. The van der Waals surface area contributed by atoms with Crippen LogP contribution in [0.5, 0.6) is 0 Å². The highest BCUT2D eigenvalue weighted by atomic mass is 35.5. The molecule has 0 aromatic heterocycles. The van der Waals surface area contributed by atoms with Gasteiger partial charge in [-0.25, -0.2) is 0 Å². The highest BCUT2D eigenvalue weighted by Gasteiger charge is 2.67. The lowest BCUT2D eigenvalue weighted by Gasteiger charge is -2.44. The van der Waals surface area contributed by atoms with Gasteiger partial charge >= 0.3 is 0 Å². The van der Waals surface area contributed by atoms with Crippen LogP contribution in [0.2, 0.25) is 0 Å². The number of carbonyl (C=O) groups is 1. The first-order valence-corrected chi connectivity index (χ1v) is 7.97. The van der Waals surface area contributed by atoms with Crippen LogP contribution in [-0.4, -0.2) is 47.3 Å². The maximum atomic E-state index is 12.1. The third-order valence-electron chi connectivity index (χ3n) is 4.82. The predicted molar refractivity (Wildman–Crippen MR) is 81.5 cm³/mol. The molecule has 4 nitrogen and oxygen atoms in total. The number of halogens is 1. The molecule has 21 heavy (non-hydrogen) atoms. The molecule has 0 aromatic rings. The molecule has 0 aromatic carbocycles. The summed E-state index contributed by atoms with van der Waals surface area (Å²) >= 11 is 6.01. The van der Waals surface area contributed by atoms with Crippen molar-refractivity contribution < 1.29 is 19.4 Å². The summed E-state index contributed by atoms with van der Waals surface area (Å²) in [7, 11) is 1.51. The van der Waals surface area contributed by atoms with Gasteiger partial charge in [-0.3, -0.25) is 4.79 Å². The van der Waals surface area contributed by atoms with E-state index in [1.165, 1.54) is 12.7 Å². The largest absolute Gasteiger partial charge is 0.388 e. The van der Waals surface area contributed by atoms with Crippen LogP contribution in [0.3, 0.4) is 0 Å². The fraction of sp³-hybridized carbons (Fsp3) is 0.812. The van der Waals surface area contributed by atoms with Crippen molar-refractivity contribution in [2.24, 2.45) is 5.92 Å². The molecule has 2 aliphatic rings. The molecule has 0 amide bonds. The molecule has 1 heterocycles. The van der Waals surface area contributed by atoms with Crippen LogP contribution in [0.15, 0.2) is 11.6 Å². The maximum absolute atomic E-state index is 12.1. The van der Waals surface area contributed by atoms with Crippen molar-refractivity contribution in [3.63, 3.8) is 0 Å². The lowest BCUT2D eigenvalue weighted by molar-refractivity contribution is -0.159. The lowest BCUT2D eigenvalue weighted by atomic mass is 9.67. The summed E-state index contributed by atoms with van der Waals surface area (Å²) < 4.78 is 11.3. The van der Waals surface area contributed by atoms with Crippen molar-refractivity contribution in [1.82, 2.24) is 0 Å². The number of aliphatic hydroxyl groups is 1. The smallest absolute Gasteiger partial charge is 0.162 e. The zero-order valence-corrected chi connectivity index (χ0v) is 13.9. The Kier molecular flexibility index (Phi) is 4.84. The summed E-state index contributed by atoms with van der Waals surface area (Å²) in [6.07, 6.45) is 2.90. The van der Waals surface area contributed by atoms with Crippen molar-refractivity contribution in [3.05, 3.63) is 11.6 Å². The van der Waals surface area contributed by atoms with Gasteiger partial charge in [0.05, 0.1) is 23.5 Å². The molecule has 1 saturated carbocycles. The summed E-state index contributed by atoms with van der Waals surface area (Å²) in [5.41, 5.74) is -0.458. The summed E-state index contributed by atoms with van der Waals surface area (Å²) in [4.78, 5) is 12.1.